The van der Waals surface area contributed by atoms with E-state index in [1.807, 2.05) is 24.3 Å². The molecule has 0 aliphatic carbocycles. The molecule has 9 heteroatoms. The van der Waals surface area contributed by atoms with Crippen LogP contribution < -0.4 is 18.9 Å². The number of hydrogen-bond acceptors (Lipinski definition) is 9. The van der Waals surface area contributed by atoms with Crippen molar-refractivity contribution in [3.8, 4) is 23.0 Å². The van der Waals surface area contributed by atoms with Gasteiger partial charge in [0.25, 0.3) is 0 Å². The molecular formula is C23H28O9. The maximum atomic E-state index is 10.2. The van der Waals surface area contributed by atoms with Gasteiger partial charge in [0.15, 0.2) is 11.5 Å². The lowest BCUT2D eigenvalue weighted by Gasteiger charge is -2.39. The van der Waals surface area contributed by atoms with Crippen LogP contribution in [-0.2, 0) is 4.74 Å². The number of aliphatic hydroxyl groups excluding tert-OH is 4. The van der Waals surface area contributed by atoms with Crippen LogP contribution in [0.15, 0.2) is 36.4 Å². The highest BCUT2D eigenvalue weighted by atomic mass is 16.7. The summed E-state index contributed by atoms with van der Waals surface area (Å²) in [7, 11) is 4.64. The Labute approximate surface area is 186 Å². The standard InChI is InChI=1S/C23H28O9/c1-28-15-8-14(5-4-13-6-7-17(29-2)18(10-13)30-3)9-16(11-15)31-23-22(27)21(26)20(25)19(12-24)32-23/h4-11,19-27H,12H2,1-3H3/b5-4+/t19-,20+,21+,22+,23-/m0/s1. The molecule has 174 valence electrons. The summed E-state index contributed by atoms with van der Waals surface area (Å²) in [6.45, 7) is -0.539. The third-order valence-electron chi connectivity index (χ3n) is 5.11. The van der Waals surface area contributed by atoms with E-state index in [0.717, 1.165) is 11.1 Å². The predicted octanol–water partition coefficient (Wildman–Crippen LogP) is 1.06. The summed E-state index contributed by atoms with van der Waals surface area (Å²) in [5.41, 5.74) is 1.61. The van der Waals surface area contributed by atoms with Crippen molar-refractivity contribution in [1.82, 2.24) is 0 Å². The monoisotopic (exact) mass is 448 g/mol. The molecule has 2 aromatic rings. The fourth-order valence-electron chi connectivity index (χ4n) is 3.32. The molecule has 1 saturated heterocycles. The largest absolute Gasteiger partial charge is 0.497 e. The van der Waals surface area contributed by atoms with Gasteiger partial charge in [0.1, 0.15) is 35.9 Å². The average molecular weight is 448 g/mol. The van der Waals surface area contributed by atoms with Crippen molar-refractivity contribution >= 4 is 12.2 Å². The van der Waals surface area contributed by atoms with Crippen molar-refractivity contribution in [3.05, 3.63) is 47.5 Å². The second kappa shape index (κ2) is 10.7. The minimum atomic E-state index is -1.53. The average Bonchev–Trinajstić information content (AvgIpc) is 2.82. The van der Waals surface area contributed by atoms with E-state index in [-0.39, 0.29) is 0 Å². The highest BCUT2D eigenvalue weighted by Crippen LogP contribution is 2.30. The number of methoxy groups -OCH3 is 3. The Kier molecular flexibility index (Phi) is 7.94. The topological polar surface area (TPSA) is 127 Å². The SMILES string of the molecule is COc1cc(/C=C/c2ccc(OC)c(OC)c2)cc(O[C@H]2O[C@@H](CO)[C@@H](O)[C@@H](O)[C@H]2O)c1. The summed E-state index contributed by atoms with van der Waals surface area (Å²) < 4.78 is 27.0. The summed E-state index contributed by atoms with van der Waals surface area (Å²) in [4.78, 5) is 0. The number of ether oxygens (including phenoxy) is 5. The van der Waals surface area contributed by atoms with Gasteiger partial charge in [-0.1, -0.05) is 18.2 Å². The van der Waals surface area contributed by atoms with Crippen molar-refractivity contribution in [1.29, 1.82) is 0 Å². The van der Waals surface area contributed by atoms with Crippen molar-refractivity contribution in [2.24, 2.45) is 0 Å². The Morgan fingerprint density at radius 2 is 1.47 bits per heavy atom. The molecule has 0 radical (unpaired) electrons. The highest BCUT2D eigenvalue weighted by Gasteiger charge is 2.44. The van der Waals surface area contributed by atoms with E-state index in [9.17, 15) is 20.4 Å². The molecule has 0 amide bonds. The van der Waals surface area contributed by atoms with Crippen molar-refractivity contribution < 1.29 is 44.1 Å². The fraction of sp³-hybridized carbons (Fsp3) is 0.391. The predicted molar refractivity (Wildman–Crippen MR) is 116 cm³/mol. The third kappa shape index (κ3) is 5.32. The van der Waals surface area contributed by atoms with Crippen LogP contribution in [0.1, 0.15) is 11.1 Å². The van der Waals surface area contributed by atoms with Gasteiger partial charge in [0, 0.05) is 6.07 Å². The summed E-state index contributed by atoms with van der Waals surface area (Å²) in [5.74, 6) is 2.04. The van der Waals surface area contributed by atoms with Crippen molar-refractivity contribution in [3.63, 3.8) is 0 Å². The lowest BCUT2D eigenvalue weighted by Crippen LogP contribution is -2.60. The first-order valence-corrected chi connectivity index (χ1v) is 9.96. The third-order valence-corrected chi connectivity index (χ3v) is 5.11. The van der Waals surface area contributed by atoms with Crippen LogP contribution >= 0.6 is 0 Å². The summed E-state index contributed by atoms with van der Waals surface area (Å²) in [6.07, 6.45) is -3.14. The second-order valence-electron chi connectivity index (χ2n) is 7.20. The van der Waals surface area contributed by atoms with Gasteiger partial charge in [-0.3, -0.25) is 0 Å². The molecule has 2 aromatic carbocycles. The molecular weight excluding hydrogens is 420 g/mol. The molecule has 5 atom stereocenters. The lowest BCUT2D eigenvalue weighted by atomic mass is 9.99. The summed E-state index contributed by atoms with van der Waals surface area (Å²) >= 11 is 0. The van der Waals surface area contributed by atoms with E-state index in [2.05, 4.69) is 0 Å². The van der Waals surface area contributed by atoms with Gasteiger partial charge in [0.2, 0.25) is 6.29 Å². The Morgan fingerprint density at radius 1 is 0.781 bits per heavy atom. The van der Waals surface area contributed by atoms with Gasteiger partial charge in [-0.2, -0.15) is 0 Å². The van der Waals surface area contributed by atoms with Crippen LogP contribution in [-0.4, -0.2) is 79.1 Å². The number of benzene rings is 2. The Balaban J connectivity index is 1.82. The highest BCUT2D eigenvalue weighted by molar-refractivity contribution is 5.72. The Hall–Kier alpha value is -2.82. The molecule has 32 heavy (non-hydrogen) atoms. The molecule has 1 aliphatic rings. The fourth-order valence-corrected chi connectivity index (χ4v) is 3.32. The van der Waals surface area contributed by atoms with E-state index in [1.54, 1.807) is 38.5 Å². The van der Waals surface area contributed by atoms with Crippen LogP contribution in [0.3, 0.4) is 0 Å². The molecule has 1 fully saturated rings. The molecule has 0 unspecified atom stereocenters. The molecule has 4 N–H and O–H groups in total. The lowest BCUT2D eigenvalue weighted by molar-refractivity contribution is -0.277. The molecule has 0 aromatic heterocycles. The molecule has 0 bridgehead atoms. The van der Waals surface area contributed by atoms with E-state index in [4.69, 9.17) is 23.7 Å². The van der Waals surface area contributed by atoms with E-state index >= 15 is 0 Å². The van der Waals surface area contributed by atoms with Crippen molar-refractivity contribution in [2.45, 2.75) is 30.7 Å². The van der Waals surface area contributed by atoms with Gasteiger partial charge in [0.05, 0.1) is 27.9 Å². The zero-order chi connectivity index (χ0) is 23.3. The van der Waals surface area contributed by atoms with E-state index in [0.29, 0.717) is 23.0 Å². The van der Waals surface area contributed by atoms with Crippen LogP contribution in [0.25, 0.3) is 12.2 Å². The smallest absolute Gasteiger partial charge is 0.229 e. The first-order valence-electron chi connectivity index (χ1n) is 9.96. The van der Waals surface area contributed by atoms with Gasteiger partial charge in [-0.15, -0.1) is 0 Å². The van der Waals surface area contributed by atoms with Gasteiger partial charge >= 0.3 is 0 Å². The van der Waals surface area contributed by atoms with E-state index < -0.39 is 37.3 Å². The zero-order valence-corrected chi connectivity index (χ0v) is 18.0. The van der Waals surface area contributed by atoms with Gasteiger partial charge in [-0.05, 0) is 35.4 Å². The number of hydrogen-bond donors (Lipinski definition) is 4. The molecule has 3 rings (SSSR count). The maximum absolute atomic E-state index is 10.2. The first-order chi connectivity index (χ1) is 15.4. The minimum Gasteiger partial charge on any atom is -0.497 e. The molecule has 1 heterocycles. The Morgan fingerprint density at radius 3 is 2.12 bits per heavy atom. The summed E-state index contributed by atoms with van der Waals surface area (Å²) in [6, 6.07) is 10.6. The number of aliphatic hydroxyl groups is 4. The Bertz CT molecular complexity index is 928. The quantitative estimate of drug-likeness (QED) is 0.439. The first kappa shape index (κ1) is 23.8. The van der Waals surface area contributed by atoms with Crippen molar-refractivity contribution in [2.75, 3.05) is 27.9 Å². The van der Waals surface area contributed by atoms with Gasteiger partial charge < -0.3 is 44.1 Å². The van der Waals surface area contributed by atoms with Crippen LogP contribution in [0.4, 0.5) is 0 Å². The van der Waals surface area contributed by atoms with E-state index in [1.165, 1.54) is 7.11 Å². The second-order valence-corrected chi connectivity index (χ2v) is 7.20. The molecule has 0 spiro atoms. The van der Waals surface area contributed by atoms with Crippen LogP contribution in [0.2, 0.25) is 0 Å². The minimum absolute atomic E-state index is 0.306. The summed E-state index contributed by atoms with van der Waals surface area (Å²) in [5, 5.41) is 39.4. The van der Waals surface area contributed by atoms with Crippen LogP contribution in [0.5, 0.6) is 23.0 Å². The zero-order valence-electron chi connectivity index (χ0n) is 18.0. The van der Waals surface area contributed by atoms with Crippen LogP contribution in [0, 0.1) is 0 Å². The number of rotatable bonds is 8. The molecule has 9 nitrogen and oxygen atoms in total. The molecule has 1 aliphatic heterocycles. The molecule has 0 saturated carbocycles. The normalized spacial score (nSPS) is 25.5. The van der Waals surface area contributed by atoms with Gasteiger partial charge in [-0.25, -0.2) is 0 Å². The maximum Gasteiger partial charge on any atom is 0.229 e.